The van der Waals surface area contributed by atoms with Crippen LogP contribution in [0, 0.1) is 6.92 Å². The van der Waals surface area contributed by atoms with Gasteiger partial charge in [-0.1, -0.05) is 24.3 Å². The monoisotopic (exact) mass is 482 g/mol. The third-order valence-corrected chi connectivity index (χ3v) is 8.27. The van der Waals surface area contributed by atoms with Crippen molar-refractivity contribution in [1.29, 1.82) is 0 Å². The Labute approximate surface area is 194 Å². The van der Waals surface area contributed by atoms with Crippen LogP contribution in [0.4, 0.5) is 8.78 Å². The average Bonchev–Trinajstić information content (AvgIpc) is 3.22. The maximum absolute atomic E-state index is 13.4. The highest BCUT2D eigenvalue weighted by Gasteiger charge is 2.44. The molecule has 1 aromatic carbocycles. The van der Waals surface area contributed by atoms with E-state index in [1.165, 1.54) is 11.8 Å². The summed E-state index contributed by atoms with van der Waals surface area (Å²) in [5.74, 6) is -2.59. The molecule has 0 spiro atoms. The van der Waals surface area contributed by atoms with Crippen molar-refractivity contribution in [2.45, 2.75) is 68.4 Å². The Morgan fingerprint density at radius 3 is 2.59 bits per heavy atom. The smallest absolute Gasteiger partial charge is 0.251 e. The first-order valence-corrected chi connectivity index (χ1v) is 12.8. The Morgan fingerprint density at radius 2 is 1.91 bits per heavy atom. The molecule has 0 unspecified atom stereocenters. The summed E-state index contributed by atoms with van der Waals surface area (Å²) in [4.78, 5) is 2.16. The second-order valence-corrected chi connectivity index (χ2v) is 10.7. The molecule has 1 aromatic heterocycles. The molecule has 4 rings (SSSR count). The van der Waals surface area contributed by atoms with Gasteiger partial charge in [-0.25, -0.2) is 8.78 Å². The lowest BCUT2D eigenvalue weighted by atomic mass is 9.92. The van der Waals surface area contributed by atoms with Gasteiger partial charge in [0.2, 0.25) is 0 Å². The lowest BCUT2D eigenvalue weighted by Gasteiger charge is -2.40. The molecule has 1 aliphatic carbocycles. The number of aliphatic hydroxyl groups excluding tert-OH is 3. The van der Waals surface area contributed by atoms with Crippen molar-refractivity contribution >= 4 is 28.7 Å². The van der Waals surface area contributed by atoms with Gasteiger partial charge in [-0.15, -0.1) is 23.1 Å². The molecule has 174 valence electrons. The second kappa shape index (κ2) is 9.52. The molecule has 2 aromatic rings. The molecule has 1 fully saturated rings. The lowest BCUT2D eigenvalue weighted by molar-refractivity contribution is -0.200. The van der Waals surface area contributed by atoms with E-state index < -0.39 is 35.8 Å². The molecule has 5 atom stereocenters. The maximum atomic E-state index is 13.4. The number of ether oxygens (including phenoxy) is 1. The van der Waals surface area contributed by atoms with Crippen molar-refractivity contribution in [3.8, 4) is 0 Å². The largest absolute Gasteiger partial charge is 0.387 e. The molecule has 2 aliphatic rings. The van der Waals surface area contributed by atoms with Crippen LogP contribution < -0.4 is 0 Å². The first-order valence-electron chi connectivity index (χ1n) is 10.7. The second-order valence-electron chi connectivity index (χ2n) is 8.55. The van der Waals surface area contributed by atoms with Crippen molar-refractivity contribution in [2.24, 2.45) is 0 Å². The predicted molar refractivity (Wildman–Crippen MR) is 124 cm³/mol. The summed E-state index contributed by atoms with van der Waals surface area (Å²) in [6, 6.07) is 9.86. The first kappa shape index (κ1) is 23.9. The van der Waals surface area contributed by atoms with Gasteiger partial charge in [-0.05, 0) is 54.0 Å². The van der Waals surface area contributed by atoms with Crippen molar-refractivity contribution < 1.29 is 28.8 Å². The number of halogens is 2. The molecule has 0 radical (unpaired) electrons. The minimum absolute atomic E-state index is 0.103. The summed E-state index contributed by atoms with van der Waals surface area (Å²) in [6.45, 7) is 2.01. The Morgan fingerprint density at radius 1 is 1.12 bits per heavy atom. The summed E-state index contributed by atoms with van der Waals surface area (Å²) in [5, 5.41) is 30.9. The van der Waals surface area contributed by atoms with Gasteiger partial charge >= 0.3 is 0 Å². The quantitative estimate of drug-likeness (QED) is 0.577. The fraction of sp³-hybridized carbons (Fsp3) is 0.500. The van der Waals surface area contributed by atoms with E-state index >= 15 is 0 Å². The molecule has 4 nitrogen and oxygen atoms in total. The molecule has 2 heterocycles. The molecule has 0 saturated carbocycles. The molecule has 1 aliphatic heterocycles. The van der Waals surface area contributed by atoms with E-state index in [0.29, 0.717) is 12.8 Å². The van der Waals surface area contributed by atoms with Gasteiger partial charge in [0.25, 0.3) is 5.92 Å². The van der Waals surface area contributed by atoms with E-state index in [4.69, 9.17) is 4.74 Å². The lowest BCUT2D eigenvalue weighted by Crippen LogP contribution is -2.52. The van der Waals surface area contributed by atoms with Crippen LogP contribution in [0.2, 0.25) is 0 Å². The zero-order valence-electron chi connectivity index (χ0n) is 18.0. The number of hydrogen-bond acceptors (Lipinski definition) is 6. The third-order valence-electron chi connectivity index (χ3n) is 6.25. The highest BCUT2D eigenvalue weighted by molar-refractivity contribution is 7.99. The van der Waals surface area contributed by atoms with Crippen LogP contribution in [0.5, 0.6) is 0 Å². The van der Waals surface area contributed by atoms with E-state index in [0.717, 1.165) is 32.0 Å². The Balaban J connectivity index is 1.53. The number of aryl methyl sites for hydroxylation is 1. The molecule has 8 heteroatoms. The topological polar surface area (TPSA) is 69.9 Å². The number of benzene rings is 1. The third kappa shape index (κ3) is 4.95. The molecule has 0 bridgehead atoms. The molecule has 0 amide bonds. The standard InChI is InChI=1S/C24H28F2O4S2/c1-13-3-4-15(22-20(28)19(27)21(29)23(30-22)31-2)11-16(13)12-17-5-6-18(32-17)14-7-9-24(25,26)10-8-14/h3-7,11,19-23,27-29H,8-10,12H2,1-2H3/t19-,20-,21+,22+,23-/m1/s1. The van der Waals surface area contributed by atoms with E-state index in [1.54, 1.807) is 23.7 Å². The maximum Gasteiger partial charge on any atom is 0.251 e. The van der Waals surface area contributed by atoms with Crippen LogP contribution in [-0.4, -0.2) is 51.2 Å². The number of rotatable bonds is 5. The van der Waals surface area contributed by atoms with Crippen molar-refractivity contribution in [3.63, 3.8) is 0 Å². The molecule has 1 saturated heterocycles. The van der Waals surface area contributed by atoms with Gasteiger partial charge in [0.05, 0.1) is 0 Å². The van der Waals surface area contributed by atoms with Crippen LogP contribution in [0.3, 0.4) is 0 Å². The van der Waals surface area contributed by atoms with Crippen molar-refractivity contribution in [1.82, 2.24) is 0 Å². The highest BCUT2D eigenvalue weighted by atomic mass is 32.2. The van der Waals surface area contributed by atoms with Crippen LogP contribution in [0.25, 0.3) is 5.57 Å². The molecular formula is C24H28F2O4S2. The predicted octanol–water partition coefficient (Wildman–Crippen LogP) is 4.69. The average molecular weight is 483 g/mol. The van der Waals surface area contributed by atoms with Crippen LogP contribution in [0.15, 0.2) is 36.4 Å². The van der Waals surface area contributed by atoms with E-state index in [1.807, 2.05) is 37.3 Å². The van der Waals surface area contributed by atoms with Gasteiger partial charge in [-0.3, -0.25) is 0 Å². The van der Waals surface area contributed by atoms with Crippen molar-refractivity contribution in [3.05, 3.63) is 62.9 Å². The number of alkyl halides is 2. The zero-order valence-corrected chi connectivity index (χ0v) is 19.6. The SMILES string of the molecule is CS[C@H]1O[C@@H](c2ccc(C)c(Cc3ccc(C4=CCC(F)(F)CC4)s3)c2)[C@H](O)[C@@H](O)[C@@H]1O. The Bertz CT molecular complexity index is 988. The summed E-state index contributed by atoms with van der Waals surface area (Å²) in [5.41, 5.74) is 3.27. The van der Waals surface area contributed by atoms with Crippen molar-refractivity contribution in [2.75, 3.05) is 6.26 Å². The summed E-state index contributed by atoms with van der Waals surface area (Å²) in [7, 11) is 0. The van der Waals surface area contributed by atoms with Crippen LogP contribution in [0.1, 0.15) is 51.8 Å². The minimum atomic E-state index is -2.59. The van der Waals surface area contributed by atoms with Crippen LogP contribution >= 0.6 is 23.1 Å². The number of aliphatic hydroxyl groups is 3. The number of allylic oxidation sites excluding steroid dienone is 2. The Hall–Kier alpha value is -1.29. The normalized spacial score (nSPS) is 30.2. The van der Waals surface area contributed by atoms with E-state index in [9.17, 15) is 24.1 Å². The zero-order chi connectivity index (χ0) is 23.0. The number of thiophene rings is 1. The summed E-state index contributed by atoms with van der Waals surface area (Å²) in [6.07, 6.45) is -0.191. The highest BCUT2D eigenvalue weighted by Crippen LogP contribution is 2.39. The van der Waals surface area contributed by atoms with E-state index in [-0.39, 0.29) is 12.8 Å². The molecule has 32 heavy (non-hydrogen) atoms. The fourth-order valence-electron chi connectivity index (χ4n) is 4.23. The van der Waals surface area contributed by atoms with E-state index in [2.05, 4.69) is 0 Å². The number of thioether (sulfide) groups is 1. The summed E-state index contributed by atoms with van der Waals surface area (Å²) >= 11 is 2.91. The molecular weight excluding hydrogens is 454 g/mol. The van der Waals surface area contributed by atoms with Gasteiger partial charge < -0.3 is 20.1 Å². The molecule has 3 N–H and O–H groups in total. The van der Waals surface area contributed by atoms with Gasteiger partial charge in [0, 0.05) is 29.0 Å². The van der Waals surface area contributed by atoms with Gasteiger partial charge in [-0.2, -0.15) is 0 Å². The Kier molecular flexibility index (Phi) is 7.10. The van der Waals surface area contributed by atoms with Gasteiger partial charge in [0.15, 0.2) is 0 Å². The van der Waals surface area contributed by atoms with Crippen LogP contribution in [-0.2, 0) is 11.2 Å². The number of hydrogen-bond donors (Lipinski definition) is 3. The first-order chi connectivity index (χ1) is 15.2. The fourth-order valence-corrected chi connectivity index (χ4v) is 6.00. The van der Waals surface area contributed by atoms with Gasteiger partial charge in [0.1, 0.15) is 29.9 Å². The summed E-state index contributed by atoms with van der Waals surface area (Å²) < 4.78 is 32.8. The minimum Gasteiger partial charge on any atom is -0.387 e.